The average Bonchev–Trinajstić information content (AvgIpc) is 3.20. The Bertz CT molecular complexity index is 1280. The van der Waals surface area contributed by atoms with Crippen LogP contribution in [0.25, 0.3) is 22.1 Å². The number of fused-ring (bicyclic) bond motifs is 1. The van der Waals surface area contributed by atoms with Crippen LogP contribution in [0.4, 0.5) is 0 Å². The molecule has 2 amide bonds. The predicted molar refractivity (Wildman–Crippen MR) is 120 cm³/mol. The topological polar surface area (TPSA) is 76.5 Å². The van der Waals surface area contributed by atoms with Crippen molar-refractivity contribution in [2.45, 2.75) is 18.9 Å². The zero-order chi connectivity index (χ0) is 21.4. The summed E-state index contributed by atoms with van der Waals surface area (Å²) in [6, 6.07) is 24.9. The molecule has 1 aromatic heterocycles. The van der Waals surface area contributed by atoms with Crippen molar-refractivity contribution in [2.24, 2.45) is 5.73 Å². The van der Waals surface area contributed by atoms with Gasteiger partial charge in [0.25, 0.3) is 5.91 Å². The Kier molecular flexibility index (Phi) is 4.79. The van der Waals surface area contributed by atoms with E-state index in [2.05, 4.69) is 0 Å². The van der Waals surface area contributed by atoms with Gasteiger partial charge in [-0.2, -0.15) is 0 Å². The van der Waals surface area contributed by atoms with Crippen molar-refractivity contribution < 1.29 is 14.0 Å². The molecule has 0 radical (unpaired) electrons. The molecule has 0 spiro atoms. The number of carbonyl (C=O) groups is 2. The predicted octanol–water partition coefficient (Wildman–Crippen LogP) is 4.66. The van der Waals surface area contributed by atoms with Gasteiger partial charge in [0.05, 0.1) is 5.56 Å². The summed E-state index contributed by atoms with van der Waals surface area (Å²) in [6.45, 7) is 0.722. The van der Waals surface area contributed by atoms with E-state index in [0.29, 0.717) is 23.1 Å². The Hall–Kier alpha value is -3.86. The SMILES string of the molecule is NC(=O)c1cccc2oc(CC3CCN3C(=O)c3ccccc3-c3ccccc3)cc12. The molecular formula is C26H22N2O3. The van der Waals surface area contributed by atoms with Gasteiger partial charge in [0.2, 0.25) is 5.91 Å². The van der Waals surface area contributed by atoms with E-state index in [1.54, 1.807) is 12.1 Å². The van der Waals surface area contributed by atoms with Gasteiger partial charge in [0.15, 0.2) is 0 Å². The first-order valence-electron chi connectivity index (χ1n) is 10.4. The van der Waals surface area contributed by atoms with Crippen LogP contribution in [-0.4, -0.2) is 29.3 Å². The fraction of sp³-hybridized carbons (Fsp3) is 0.154. The molecule has 1 aliphatic rings. The molecular weight excluding hydrogens is 388 g/mol. The first-order chi connectivity index (χ1) is 15.1. The maximum atomic E-state index is 13.4. The molecule has 1 saturated heterocycles. The second-order valence-electron chi connectivity index (χ2n) is 7.85. The zero-order valence-electron chi connectivity index (χ0n) is 17.0. The summed E-state index contributed by atoms with van der Waals surface area (Å²) >= 11 is 0. The van der Waals surface area contributed by atoms with Crippen LogP contribution in [0.3, 0.4) is 0 Å². The standard InChI is InChI=1S/C26H22N2O3/c27-25(29)21-11-6-12-24-23(21)16-19(31-24)15-18-13-14-28(18)26(30)22-10-5-4-9-20(22)17-7-2-1-3-8-17/h1-12,16,18H,13-15H2,(H2,27,29). The Morgan fingerprint density at radius 1 is 0.935 bits per heavy atom. The van der Waals surface area contributed by atoms with Crippen molar-refractivity contribution >= 4 is 22.8 Å². The van der Waals surface area contributed by atoms with Gasteiger partial charge in [-0.05, 0) is 41.8 Å². The molecule has 0 saturated carbocycles. The van der Waals surface area contributed by atoms with E-state index in [9.17, 15) is 9.59 Å². The summed E-state index contributed by atoms with van der Waals surface area (Å²) in [4.78, 5) is 27.0. The van der Waals surface area contributed by atoms with Crippen molar-refractivity contribution in [2.75, 3.05) is 6.54 Å². The molecule has 1 unspecified atom stereocenters. The quantitative estimate of drug-likeness (QED) is 0.520. The minimum absolute atomic E-state index is 0.0321. The van der Waals surface area contributed by atoms with E-state index in [1.165, 1.54) is 0 Å². The Morgan fingerprint density at radius 2 is 1.68 bits per heavy atom. The molecule has 5 nitrogen and oxygen atoms in total. The van der Waals surface area contributed by atoms with Crippen molar-refractivity contribution in [1.29, 1.82) is 0 Å². The van der Waals surface area contributed by atoms with Gasteiger partial charge in [0, 0.05) is 30.0 Å². The Balaban J connectivity index is 1.39. The summed E-state index contributed by atoms with van der Waals surface area (Å²) in [5.41, 5.74) is 9.24. The van der Waals surface area contributed by atoms with Crippen LogP contribution in [0.5, 0.6) is 0 Å². The maximum absolute atomic E-state index is 13.4. The van der Waals surface area contributed by atoms with Crippen LogP contribution in [0.1, 0.15) is 32.9 Å². The van der Waals surface area contributed by atoms with Crippen LogP contribution in [0, 0.1) is 0 Å². The molecule has 2 N–H and O–H groups in total. The normalized spacial score (nSPS) is 15.6. The molecule has 2 heterocycles. The summed E-state index contributed by atoms with van der Waals surface area (Å²) < 4.78 is 5.95. The van der Waals surface area contributed by atoms with Crippen molar-refractivity contribution in [1.82, 2.24) is 4.90 Å². The summed E-state index contributed by atoms with van der Waals surface area (Å²) in [6.07, 6.45) is 1.52. The van der Waals surface area contributed by atoms with Gasteiger partial charge < -0.3 is 15.1 Å². The third kappa shape index (κ3) is 3.48. The fourth-order valence-electron chi connectivity index (χ4n) is 4.28. The van der Waals surface area contributed by atoms with E-state index in [-0.39, 0.29) is 11.9 Å². The molecule has 1 atom stereocenters. The summed E-state index contributed by atoms with van der Waals surface area (Å²) in [5, 5.41) is 0.719. The average molecular weight is 410 g/mol. The van der Waals surface area contributed by atoms with Crippen LogP contribution < -0.4 is 5.73 Å². The highest BCUT2D eigenvalue weighted by atomic mass is 16.3. The number of amides is 2. The van der Waals surface area contributed by atoms with E-state index >= 15 is 0 Å². The highest BCUT2D eigenvalue weighted by Gasteiger charge is 2.34. The third-order valence-electron chi connectivity index (χ3n) is 5.96. The molecule has 4 aromatic rings. The van der Waals surface area contributed by atoms with Crippen molar-refractivity contribution in [3.05, 3.63) is 95.7 Å². The second-order valence-corrected chi connectivity index (χ2v) is 7.85. The molecule has 0 bridgehead atoms. The number of nitrogens with two attached hydrogens (primary N) is 1. The number of carbonyl (C=O) groups excluding carboxylic acids is 2. The fourth-order valence-corrected chi connectivity index (χ4v) is 4.28. The maximum Gasteiger partial charge on any atom is 0.254 e. The molecule has 1 fully saturated rings. The molecule has 3 aromatic carbocycles. The minimum atomic E-state index is -0.476. The highest BCUT2D eigenvalue weighted by molar-refractivity contribution is 6.05. The lowest BCUT2D eigenvalue weighted by atomic mass is 9.93. The number of nitrogens with zero attached hydrogens (tertiary/aromatic N) is 1. The zero-order valence-corrected chi connectivity index (χ0v) is 17.0. The van der Waals surface area contributed by atoms with Crippen LogP contribution >= 0.6 is 0 Å². The van der Waals surface area contributed by atoms with Crippen LogP contribution in [-0.2, 0) is 6.42 Å². The van der Waals surface area contributed by atoms with Crippen LogP contribution in [0.15, 0.2) is 83.3 Å². The number of hydrogen-bond acceptors (Lipinski definition) is 3. The summed E-state index contributed by atoms with van der Waals surface area (Å²) in [7, 11) is 0. The number of rotatable bonds is 5. The molecule has 1 aliphatic heterocycles. The summed E-state index contributed by atoms with van der Waals surface area (Å²) in [5.74, 6) is 0.308. The smallest absolute Gasteiger partial charge is 0.254 e. The van der Waals surface area contributed by atoms with Crippen LogP contribution in [0.2, 0.25) is 0 Å². The monoisotopic (exact) mass is 410 g/mol. The van der Waals surface area contributed by atoms with Gasteiger partial charge in [-0.3, -0.25) is 9.59 Å². The van der Waals surface area contributed by atoms with Gasteiger partial charge in [-0.25, -0.2) is 0 Å². The van der Waals surface area contributed by atoms with Crippen molar-refractivity contribution in [3.8, 4) is 11.1 Å². The molecule has 5 rings (SSSR count). The van der Waals surface area contributed by atoms with Gasteiger partial charge in [0.1, 0.15) is 11.3 Å². The van der Waals surface area contributed by atoms with Gasteiger partial charge >= 0.3 is 0 Å². The molecule has 5 heteroatoms. The van der Waals surface area contributed by atoms with Gasteiger partial charge in [-0.1, -0.05) is 54.6 Å². The van der Waals surface area contributed by atoms with E-state index < -0.39 is 5.91 Å². The minimum Gasteiger partial charge on any atom is -0.461 e. The van der Waals surface area contributed by atoms with E-state index in [0.717, 1.165) is 35.2 Å². The number of likely N-dealkylation sites (tertiary alicyclic amines) is 1. The number of hydrogen-bond donors (Lipinski definition) is 1. The third-order valence-corrected chi connectivity index (χ3v) is 5.96. The Labute approximate surface area is 180 Å². The lowest BCUT2D eigenvalue weighted by Gasteiger charge is -2.41. The number of benzene rings is 3. The molecule has 0 aliphatic carbocycles. The second kappa shape index (κ2) is 7.76. The lowest BCUT2D eigenvalue weighted by molar-refractivity contribution is 0.0456. The first kappa shape index (κ1) is 19.1. The molecule has 31 heavy (non-hydrogen) atoms. The molecule has 154 valence electrons. The van der Waals surface area contributed by atoms with E-state index in [1.807, 2.05) is 71.6 Å². The first-order valence-corrected chi connectivity index (χ1v) is 10.4. The van der Waals surface area contributed by atoms with Gasteiger partial charge in [-0.15, -0.1) is 0 Å². The largest absolute Gasteiger partial charge is 0.461 e. The lowest BCUT2D eigenvalue weighted by Crippen LogP contribution is -2.52. The number of furan rings is 1. The van der Waals surface area contributed by atoms with Crippen molar-refractivity contribution in [3.63, 3.8) is 0 Å². The van der Waals surface area contributed by atoms with E-state index in [4.69, 9.17) is 10.2 Å². The highest BCUT2D eigenvalue weighted by Crippen LogP contribution is 2.31. The number of primary amides is 1. The Morgan fingerprint density at radius 3 is 2.42 bits per heavy atom.